The number of aromatic amines is 1. The molecule has 1 amide bonds. The number of hydrogen-bond donors (Lipinski definition) is 3. The van der Waals surface area contributed by atoms with E-state index in [0.717, 1.165) is 5.56 Å². The number of carboxylic acids is 1. The van der Waals surface area contributed by atoms with Gasteiger partial charge in [0.05, 0.1) is 31.0 Å². The third-order valence-corrected chi connectivity index (χ3v) is 3.10. The first-order valence-corrected chi connectivity index (χ1v) is 6.71. The van der Waals surface area contributed by atoms with Crippen LogP contribution in [0.3, 0.4) is 0 Å². The number of benzene rings is 1. The number of aromatic nitrogens is 2. The SMILES string of the molecule is COc1cccc(-c2[nH]ncc2C(=O)N[C@@H](C)CC(=O)O)c1. The summed E-state index contributed by atoms with van der Waals surface area (Å²) in [5, 5.41) is 18.1. The van der Waals surface area contributed by atoms with Crippen LogP contribution in [-0.4, -0.2) is 40.3 Å². The molecular weight excluding hydrogens is 286 g/mol. The minimum atomic E-state index is -0.965. The van der Waals surface area contributed by atoms with Crippen LogP contribution in [0.1, 0.15) is 23.7 Å². The molecule has 1 aromatic heterocycles. The van der Waals surface area contributed by atoms with Crippen LogP contribution in [0.5, 0.6) is 5.75 Å². The van der Waals surface area contributed by atoms with Crippen molar-refractivity contribution in [2.24, 2.45) is 0 Å². The van der Waals surface area contributed by atoms with Crippen LogP contribution in [-0.2, 0) is 4.79 Å². The van der Waals surface area contributed by atoms with Crippen LogP contribution < -0.4 is 10.1 Å². The molecule has 0 radical (unpaired) electrons. The molecule has 7 nitrogen and oxygen atoms in total. The number of carboxylic acid groups (broad SMARTS) is 1. The Labute approximate surface area is 127 Å². The van der Waals surface area contributed by atoms with Crippen LogP contribution >= 0.6 is 0 Å². The number of rotatable bonds is 6. The number of hydrogen-bond acceptors (Lipinski definition) is 4. The van der Waals surface area contributed by atoms with E-state index < -0.39 is 12.0 Å². The van der Waals surface area contributed by atoms with Crippen LogP contribution in [0.25, 0.3) is 11.3 Å². The third-order valence-electron chi connectivity index (χ3n) is 3.10. The molecule has 22 heavy (non-hydrogen) atoms. The number of carbonyl (C=O) groups is 2. The molecule has 2 rings (SSSR count). The van der Waals surface area contributed by atoms with Crippen molar-refractivity contribution in [3.8, 4) is 17.0 Å². The minimum absolute atomic E-state index is 0.141. The van der Waals surface area contributed by atoms with Gasteiger partial charge in [-0.05, 0) is 19.1 Å². The topological polar surface area (TPSA) is 104 Å². The number of nitrogens with one attached hydrogen (secondary N) is 2. The first kappa shape index (κ1) is 15.6. The Balaban J connectivity index is 2.21. The second kappa shape index (κ2) is 6.75. The summed E-state index contributed by atoms with van der Waals surface area (Å²) >= 11 is 0. The summed E-state index contributed by atoms with van der Waals surface area (Å²) in [5.41, 5.74) is 1.66. The monoisotopic (exact) mass is 303 g/mol. The summed E-state index contributed by atoms with van der Waals surface area (Å²) < 4.78 is 5.16. The Kier molecular flexibility index (Phi) is 4.77. The fourth-order valence-corrected chi connectivity index (χ4v) is 2.07. The first-order valence-electron chi connectivity index (χ1n) is 6.71. The predicted octanol–water partition coefficient (Wildman–Crippen LogP) is 1.68. The van der Waals surface area contributed by atoms with Crippen LogP contribution in [0.2, 0.25) is 0 Å². The predicted molar refractivity (Wildman–Crippen MR) is 79.8 cm³/mol. The van der Waals surface area contributed by atoms with Gasteiger partial charge in [0.2, 0.25) is 0 Å². The fourth-order valence-electron chi connectivity index (χ4n) is 2.07. The van der Waals surface area contributed by atoms with Gasteiger partial charge in [-0.3, -0.25) is 14.7 Å². The Morgan fingerprint density at radius 1 is 1.45 bits per heavy atom. The molecule has 3 N–H and O–H groups in total. The molecule has 0 aliphatic carbocycles. The van der Waals surface area contributed by atoms with Gasteiger partial charge in [-0.1, -0.05) is 12.1 Å². The Morgan fingerprint density at radius 3 is 2.91 bits per heavy atom. The van der Waals surface area contributed by atoms with Crippen molar-refractivity contribution in [3.05, 3.63) is 36.0 Å². The van der Waals surface area contributed by atoms with E-state index >= 15 is 0 Å². The number of nitrogens with zero attached hydrogens (tertiary/aromatic N) is 1. The number of ether oxygens (including phenoxy) is 1. The van der Waals surface area contributed by atoms with Crippen molar-refractivity contribution in [1.29, 1.82) is 0 Å². The molecule has 2 aromatic rings. The highest BCUT2D eigenvalue weighted by Crippen LogP contribution is 2.25. The maximum atomic E-state index is 12.3. The van der Waals surface area contributed by atoms with E-state index in [1.807, 2.05) is 12.1 Å². The summed E-state index contributed by atoms with van der Waals surface area (Å²) in [6.07, 6.45) is 1.27. The highest BCUT2D eigenvalue weighted by Gasteiger charge is 2.18. The highest BCUT2D eigenvalue weighted by molar-refractivity contribution is 6.00. The minimum Gasteiger partial charge on any atom is -0.497 e. The number of carbonyl (C=O) groups excluding carboxylic acids is 1. The molecular formula is C15H17N3O4. The molecule has 0 fully saturated rings. The molecule has 1 heterocycles. The lowest BCUT2D eigenvalue weighted by molar-refractivity contribution is -0.137. The van der Waals surface area contributed by atoms with E-state index in [-0.39, 0.29) is 12.3 Å². The van der Waals surface area contributed by atoms with Gasteiger partial charge in [-0.15, -0.1) is 0 Å². The summed E-state index contributed by atoms with van der Waals surface area (Å²) in [6, 6.07) is 6.74. The second-order valence-electron chi connectivity index (χ2n) is 4.86. The Morgan fingerprint density at radius 2 is 2.23 bits per heavy atom. The van der Waals surface area contributed by atoms with Crippen molar-refractivity contribution in [2.45, 2.75) is 19.4 Å². The highest BCUT2D eigenvalue weighted by atomic mass is 16.5. The Bertz CT molecular complexity index is 681. The van der Waals surface area contributed by atoms with Crippen molar-refractivity contribution in [3.63, 3.8) is 0 Å². The first-order chi connectivity index (χ1) is 10.5. The van der Waals surface area contributed by atoms with Gasteiger partial charge in [0.1, 0.15) is 5.75 Å². The van der Waals surface area contributed by atoms with E-state index in [9.17, 15) is 9.59 Å². The maximum absolute atomic E-state index is 12.3. The fraction of sp³-hybridized carbons (Fsp3) is 0.267. The molecule has 0 unspecified atom stereocenters. The average molecular weight is 303 g/mol. The Hall–Kier alpha value is -2.83. The van der Waals surface area contributed by atoms with Crippen LogP contribution in [0, 0.1) is 0 Å². The van der Waals surface area contributed by atoms with E-state index in [2.05, 4.69) is 15.5 Å². The standard InChI is InChI=1S/C15H17N3O4/c1-9(6-13(19)20)17-15(21)12-8-16-18-14(12)10-4-3-5-11(7-10)22-2/h3-5,7-9H,6H2,1-2H3,(H,16,18)(H,17,21)(H,19,20)/t9-/m0/s1. The van der Waals surface area contributed by atoms with E-state index in [0.29, 0.717) is 17.0 Å². The van der Waals surface area contributed by atoms with Crippen LogP contribution in [0.15, 0.2) is 30.5 Å². The van der Waals surface area contributed by atoms with Gasteiger partial charge in [-0.25, -0.2) is 0 Å². The smallest absolute Gasteiger partial charge is 0.305 e. The molecule has 0 aliphatic rings. The van der Waals surface area contributed by atoms with Crippen molar-refractivity contribution >= 4 is 11.9 Å². The second-order valence-corrected chi connectivity index (χ2v) is 4.86. The molecule has 0 saturated heterocycles. The molecule has 1 atom stereocenters. The van der Waals surface area contributed by atoms with Gasteiger partial charge >= 0.3 is 5.97 Å². The van der Waals surface area contributed by atoms with Crippen molar-refractivity contribution < 1.29 is 19.4 Å². The van der Waals surface area contributed by atoms with Gasteiger partial charge in [-0.2, -0.15) is 5.10 Å². The lowest BCUT2D eigenvalue weighted by atomic mass is 10.1. The lowest BCUT2D eigenvalue weighted by Gasteiger charge is -2.11. The maximum Gasteiger partial charge on any atom is 0.305 e. The zero-order chi connectivity index (χ0) is 16.1. The summed E-state index contributed by atoms with van der Waals surface area (Å²) in [6.45, 7) is 1.64. The molecule has 1 aromatic carbocycles. The summed E-state index contributed by atoms with van der Waals surface area (Å²) in [7, 11) is 1.56. The number of amides is 1. The molecule has 0 aliphatic heterocycles. The number of methoxy groups -OCH3 is 1. The number of aliphatic carboxylic acids is 1. The van der Waals surface area contributed by atoms with Gasteiger partial charge in [0.25, 0.3) is 5.91 Å². The largest absolute Gasteiger partial charge is 0.497 e. The molecule has 7 heteroatoms. The normalized spacial score (nSPS) is 11.7. The zero-order valence-corrected chi connectivity index (χ0v) is 12.3. The van der Waals surface area contributed by atoms with Crippen LogP contribution in [0.4, 0.5) is 0 Å². The quantitative estimate of drug-likeness (QED) is 0.753. The zero-order valence-electron chi connectivity index (χ0n) is 12.3. The lowest BCUT2D eigenvalue weighted by Crippen LogP contribution is -2.34. The van der Waals surface area contributed by atoms with Gasteiger partial charge in [0, 0.05) is 11.6 Å². The van der Waals surface area contributed by atoms with E-state index in [1.54, 1.807) is 26.2 Å². The molecule has 0 spiro atoms. The van der Waals surface area contributed by atoms with E-state index in [1.165, 1.54) is 6.20 Å². The number of H-pyrrole nitrogens is 1. The average Bonchev–Trinajstić information content (AvgIpc) is 2.95. The summed E-state index contributed by atoms with van der Waals surface area (Å²) in [4.78, 5) is 22.9. The van der Waals surface area contributed by atoms with Gasteiger partial charge < -0.3 is 15.2 Å². The molecule has 116 valence electrons. The molecule has 0 saturated carbocycles. The molecule has 0 bridgehead atoms. The van der Waals surface area contributed by atoms with Gasteiger partial charge in [0.15, 0.2) is 0 Å². The van der Waals surface area contributed by atoms with Crippen molar-refractivity contribution in [2.75, 3.05) is 7.11 Å². The van der Waals surface area contributed by atoms with E-state index in [4.69, 9.17) is 9.84 Å². The third kappa shape index (κ3) is 3.63. The van der Waals surface area contributed by atoms with Crippen molar-refractivity contribution in [1.82, 2.24) is 15.5 Å². The summed E-state index contributed by atoms with van der Waals surface area (Å²) in [5.74, 6) is -0.675.